The molecule has 0 radical (unpaired) electrons. The first kappa shape index (κ1) is 21.2. The van der Waals surface area contributed by atoms with E-state index in [9.17, 15) is 13.5 Å². The number of hydrogen-bond donors (Lipinski definition) is 1. The van der Waals surface area contributed by atoms with Gasteiger partial charge in [0, 0.05) is 17.8 Å². The van der Waals surface area contributed by atoms with E-state index in [4.69, 9.17) is 0 Å². The van der Waals surface area contributed by atoms with Gasteiger partial charge in [0.15, 0.2) is 9.84 Å². The fraction of sp³-hybridized carbons (Fsp3) is 0.192. The molecule has 0 fully saturated rings. The Labute approximate surface area is 183 Å². The van der Waals surface area contributed by atoms with Gasteiger partial charge in [-0.1, -0.05) is 48.5 Å². The highest BCUT2D eigenvalue weighted by Gasteiger charge is 2.34. The summed E-state index contributed by atoms with van der Waals surface area (Å²) in [6.07, 6.45) is 2.96. The first-order chi connectivity index (χ1) is 14.7. The minimum Gasteiger partial charge on any atom is -0.392 e. The van der Waals surface area contributed by atoms with Crippen LogP contribution in [0.2, 0.25) is 0 Å². The summed E-state index contributed by atoms with van der Waals surface area (Å²) in [5.41, 5.74) is 6.32. The van der Waals surface area contributed by atoms with Gasteiger partial charge in [0.2, 0.25) is 0 Å². The molecule has 1 aromatic heterocycles. The van der Waals surface area contributed by atoms with Crippen molar-refractivity contribution < 1.29 is 13.5 Å². The topological polar surface area (TPSA) is 67.3 Å². The summed E-state index contributed by atoms with van der Waals surface area (Å²) in [6.45, 7) is 3.48. The van der Waals surface area contributed by atoms with Crippen molar-refractivity contribution in [2.45, 2.75) is 25.2 Å². The van der Waals surface area contributed by atoms with Gasteiger partial charge in [0.25, 0.3) is 0 Å². The standard InChI is InChI=1S/C26H25NO3S/c1-26(2,31(3,29)30)24-16-23(15-22-8-5-13-27-25(22)24)21-7-4-6-20(14-21)19-11-9-18(17-28)10-12-19/h4-16,28H,17H2,1-3H3. The molecule has 0 spiro atoms. The number of sulfone groups is 1. The number of nitrogens with zero attached hydrogens (tertiary/aromatic N) is 1. The second kappa shape index (κ2) is 7.91. The van der Waals surface area contributed by atoms with Crippen molar-refractivity contribution in [1.82, 2.24) is 4.98 Å². The summed E-state index contributed by atoms with van der Waals surface area (Å²) in [6, 6.07) is 23.8. The average Bonchev–Trinajstić information content (AvgIpc) is 2.77. The molecule has 0 unspecified atom stereocenters. The van der Waals surface area contributed by atoms with E-state index >= 15 is 0 Å². The van der Waals surface area contributed by atoms with Gasteiger partial charge < -0.3 is 5.11 Å². The van der Waals surface area contributed by atoms with Crippen LogP contribution in [-0.2, 0) is 21.2 Å². The van der Waals surface area contributed by atoms with Gasteiger partial charge in [-0.3, -0.25) is 4.98 Å². The third-order valence-corrected chi connectivity index (χ3v) is 8.02. The van der Waals surface area contributed by atoms with Crippen molar-refractivity contribution >= 4 is 20.7 Å². The fourth-order valence-electron chi connectivity index (χ4n) is 3.70. The Morgan fingerprint density at radius 2 is 1.52 bits per heavy atom. The number of fused-ring (bicyclic) bond motifs is 1. The Morgan fingerprint density at radius 1 is 0.839 bits per heavy atom. The minimum absolute atomic E-state index is 0.0182. The molecular formula is C26H25NO3S. The SMILES string of the molecule is CC(C)(c1cc(-c2cccc(-c3ccc(CO)cc3)c2)cc2cccnc12)S(C)(=O)=O. The van der Waals surface area contributed by atoms with Crippen molar-refractivity contribution in [2.75, 3.05) is 6.26 Å². The van der Waals surface area contributed by atoms with Crippen LogP contribution in [0.15, 0.2) is 79.0 Å². The minimum atomic E-state index is -3.36. The Kier molecular flexibility index (Phi) is 5.42. The smallest absolute Gasteiger partial charge is 0.156 e. The maximum Gasteiger partial charge on any atom is 0.156 e. The number of rotatable bonds is 5. The van der Waals surface area contributed by atoms with Gasteiger partial charge >= 0.3 is 0 Å². The number of aliphatic hydroxyl groups is 1. The molecule has 4 nitrogen and oxygen atoms in total. The van der Waals surface area contributed by atoms with Gasteiger partial charge in [-0.15, -0.1) is 0 Å². The molecule has 0 atom stereocenters. The molecule has 0 bridgehead atoms. The summed E-state index contributed by atoms with van der Waals surface area (Å²) in [4.78, 5) is 4.49. The van der Waals surface area contributed by atoms with E-state index in [2.05, 4.69) is 17.1 Å². The van der Waals surface area contributed by atoms with Crippen molar-refractivity contribution in [3.8, 4) is 22.3 Å². The van der Waals surface area contributed by atoms with E-state index in [1.165, 1.54) is 6.26 Å². The van der Waals surface area contributed by atoms with Crippen molar-refractivity contribution in [1.29, 1.82) is 0 Å². The monoisotopic (exact) mass is 431 g/mol. The number of hydrogen-bond acceptors (Lipinski definition) is 4. The first-order valence-electron chi connectivity index (χ1n) is 10.1. The van der Waals surface area contributed by atoms with E-state index in [0.29, 0.717) is 11.1 Å². The highest BCUT2D eigenvalue weighted by molar-refractivity contribution is 7.91. The summed E-state index contributed by atoms with van der Waals surface area (Å²) in [5.74, 6) is 0. The van der Waals surface area contributed by atoms with Crippen molar-refractivity contribution in [3.05, 3.63) is 90.1 Å². The van der Waals surface area contributed by atoms with Crippen LogP contribution in [0.1, 0.15) is 25.0 Å². The average molecular weight is 432 g/mol. The quantitative estimate of drug-likeness (QED) is 0.463. The lowest BCUT2D eigenvalue weighted by molar-refractivity contribution is 0.282. The van der Waals surface area contributed by atoms with Crippen LogP contribution in [0.3, 0.4) is 0 Å². The summed E-state index contributed by atoms with van der Waals surface area (Å²) >= 11 is 0. The van der Waals surface area contributed by atoms with Gasteiger partial charge in [-0.25, -0.2) is 8.42 Å². The Morgan fingerprint density at radius 3 is 2.16 bits per heavy atom. The van der Waals surface area contributed by atoms with E-state index in [0.717, 1.165) is 33.2 Å². The second-order valence-electron chi connectivity index (χ2n) is 8.32. The Hall–Kier alpha value is -3.02. The summed E-state index contributed by atoms with van der Waals surface area (Å²) in [5, 5.41) is 10.2. The molecule has 31 heavy (non-hydrogen) atoms. The number of aliphatic hydroxyl groups excluding tert-OH is 1. The third kappa shape index (κ3) is 3.99. The van der Waals surface area contributed by atoms with Crippen LogP contribution in [0.5, 0.6) is 0 Å². The molecule has 1 N–H and O–H groups in total. The number of benzene rings is 3. The third-order valence-electron chi connectivity index (χ3n) is 5.95. The van der Waals surface area contributed by atoms with Crippen LogP contribution < -0.4 is 0 Å². The van der Waals surface area contributed by atoms with Crippen molar-refractivity contribution in [3.63, 3.8) is 0 Å². The van der Waals surface area contributed by atoms with E-state index in [-0.39, 0.29) is 6.61 Å². The van der Waals surface area contributed by atoms with Crippen molar-refractivity contribution in [2.24, 2.45) is 0 Å². The van der Waals surface area contributed by atoms with Crippen LogP contribution in [0, 0.1) is 0 Å². The molecule has 0 aliphatic heterocycles. The molecule has 158 valence electrons. The fourth-order valence-corrected chi connectivity index (χ4v) is 4.25. The number of aromatic nitrogens is 1. The van der Waals surface area contributed by atoms with Gasteiger partial charge in [-0.2, -0.15) is 0 Å². The number of pyridine rings is 1. The van der Waals surface area contributed by atoms with E-state index in [1.807, 2.05) is 60.7 Å². The molecule has 0 saturated carbocycles. The first-order valence-corrected chi connectivity index (χ1v) is 12.0. The van der Waals surface area contributed by atoms with Gasteiger partial charge in [0.05, 0.1) is 16.9 Å². The zero-order valence-electron chi connectivity index (χ0n) is 17.8. The predicted molar refractivity (Wildman–Crippen MR) is 126 cm³/mol. The maximum absolute atomic E-state index is 12.6. The lowest BCUT2D eigenvalue weighted by Crippen LogP contribution is -2.28. The largest absolute Gasteiger partial charge is 0.392 e. The highest BCUT2D eigenvalue weighted by Crippen LogP contribution is 2.37. The van der Waals surface area contributed by atoms with E-state index < -0.39 is 14.6 Å². The zero-order valence-corrected chi connectivity index (χ0v) is 18.6. The van der Waals surface area contributed by atoms with Crippen LogP contribution >= 0.6 is 0 Å². The highest BCUT2D eigenvalue weighted by atomic mass is 32.2. The molecule has 4 rings (SSSR count). The predicted octanol–water partition coefficient (Wildman–Crippen LogP) is 5.34. The molecule has 4 aromatic rings. The molecule has 5 heteroatoms. The molecule has 0 saturated heterocycles. The van der Waals surface area contributed by atoms with E-state index in [1.54, 1.807) is 20.0 Å². The van der Waals surface area contributed by atoms with Gasteiger partial charge in [0.1, 0.15) is 0 Å². The summed E-state index contributed by atoms with van der Waals surface area (Å²) < 4.78 is 24.1. The van der Waals surface area contributed by atoms with Crippen LogP contribution in [-0.4, -0.2) is 24.8 Å². The lowest BCUT2D eigenvalue weighted by atomic mass is 9.92. The molecular weight excluding hydrogens is 406 g/mol. The molecule has 1 heterocycles. The van der Waals surface area contributed by atoms with Gasteiger partial charge in [-0.05, 0) is 71.5 Å². The molecule has 0 aliphatic carbocycles. The van der Waals surface area contributed by atoms with Crippen LogP contribution in [0.25, 0.3) is 33.2 Å². The molecule has 3 aromatic carbocycles. The Balaban J connectivity index is 1.89. The lowest BCUT2D eigenvalue weighted by Gasteiger charge is -2.25. The molecule has 0 aliphatic rings. The van der Waals surface area contributed by atoms with Crippen LogP contribution in [0.4, 0.5) is 0 Å². The Bertz CT molecular complexity index is 1360. The maximum atomic E-state index is 12.6. The molecule has 0 amide bonds. The normalized spacial score (nSPS) is 12.3. The second-order valence-corrected chi connectivity index (χ2v) is 10.9. The summed E-state index contributed by atoms with van der Waals surface area (Å²) in [7, 11) is -3.36. The zero-order chi connectivity index (χ0) is 22.2.